The number of hydrogen-bond acceptors (Lipinski definition) is 2. The first kappa shape index (κ1) is 17.9. The van der Waals surface area contributed by atoms with Crippen molar-refractivity contribution in [2.24, 2.45) is 11.0 Å². The Labute approximate surface area is 155 Å². The van der Waals surface area contributed by atoms with Crippen LogP contribution < -0.4 is 5.43 Å². The van der Waals surface area contributed by atoms with Crippen molar-refractivity contribution in [1.29, 1.82) is 0 Å². The van der Waals surface area contributed by atoms with Gasteiger partial charge in [-0.2, -0.15) is 5.10 Å². The molecule has 0 radical (unpaired) electrons. The van der Waals surface area contributed by atoms with Crippen LogP contribution in [0.15, 0.2) is 83.5 Å². The highest BCUT2D eigenvalue weighted by molar-refractivity contribution is 6.02. The molecule has 3 heteroatoms. The summed E-state index contributed by atoms with van der Waals surface area (Å²) in [6, 6.07) is 17.7. The van der Waals surface area contributed by atoms with Crippen molar-refractivity contribution < 1.29 is 4.79 Å². The van der Waals surface area contributed by atoms with E-state index in [-0.39, 0.29) is 5.91 Å². The summed E-state index contributed by atoms with van der Waals surface area (Å²) in [4.78, 5) is 12.4. The summed E-state index contributed by atoms with van der Waals surface area (Å²) in [5, 5.41) is 4.36. The minimum absolute atomic E-state index is 0.192. The van der Waals surface area contributed by atoms with E-state index in [1.165, 1.54) is 0 Å². The molecule has 132 valence electrons. The Morgan fingerprint density at radius 3 is 2.38 bits per heavy atom. The van der Waals surface area contributed by atoms with Crippen molar-refractivity contribution in [3.63, 3.8) is 0 Å². The minimum Gasteiger partial charge on any atom is -0.267 e. The Morgan fingerprint density at radius 2 is 1.73 bits per heavy atom. The molecule has 1 N–H and O–H groups in total. The van der Waals surface area contributed by atoms with Crippen molar-refractivity contribution >= 4 is 11.6 Å². The topological polar surface area (TPSA) is 41.5 Å². The molecule has 0 aliphatic heterocycles. The van der Waals surface area contributed by atoms with E-state index < -0.39 is 0 Å². The summed E-state index contributed by atoms with van der Waals surface area (Å²) >= 11 is 0. The van der Waals surface area contributed by atoms with Crippen LogP contribution in [0, 0.1) is 5.92 Å². The van der Waals surface area contributed by atoms with Gasteiger partial charge in [0.1, 0.15) is 0 Å². The van der Waals surface area contributed by atoms with Crippen molar-refractivity contribution in [3.8, 4) is 11.1 Å². The quantitative estimate of drug-likeness (QED) is 0.588. The van der Waals surface area contributed by atoms with Gasteiger partial charge in [-0.1, -0.05) is 60.7 Å². The number of hydrazone groups is 1. The van der Waals surface area contributed by atoms with Gasteiger partial charge < -0.3 is 0 Å². The van der Waals surface area contributed by atoms with Crippen LogP contribution in [0.1, 0.15) is 37.0 Å². The van der Waals surface area contributed by atoms with Gasteiger partial charge in [0, 0.05) is 5.56 Å². The van der Waals surface area contributed by atoms with E-state index in [0.29, 0.717) is 11.5 Å². The highest BCUT2D eigenvalue weighted by Gasteiger charge is 2.19. The van der Waals surface area contributed by atoms with Crippen LogP contribution in [-0.2, 0) is 0 Å². The Balaban J connectivity index is 1.69. The lowest BCUT2D eigenvalue weighted by Crippen LogP contribution is -2.23. The first-order valence-corrected chi connectivity index (χ1v) is 8.89. The summed E-state index contributed by atoms with van der Waals surface area (Å²) in [6.45, 7) is 8.12. The number of allylic oxidation sites excluding steroid dienone is 3. The van der Waals surface area contributed by atoms with Crippen molar-refractivity contribution in [3.05, 3.63) is 84.0 Å². The van der Waals surface area contributed by atoms with Crippen LogP contribution in [0.4, 0.5) is 0 Å². The lowest BCUT2D eigenvalue weighted by molar-refractivity contribution is 0.0954. The number of nitrogens with one attached hydrogen (secondary N) is 1. The van der Waals surface area contributed by atoms with Crippen LogP contribution in [0.3, 0.4) is 0 Å². The van der Waals surface area contributed by atoms with Gasteiger partial charge in [0.25, 0.3) is 5.91 Å². The van der Waals surface area contributed by atoms with E-state index in [9.17, 15) is 4.79 Å². The van der Waals surface area contributed by atoms with Crippen LogP contribution in [-0.4, -0.2) is 11.6 Å². The molecule has 1 amide bonds. The fraction of sp³-hybridized carbons (Fsp3) is 0.217. The number of hydrogen-bond donors (Lipinski definition) is 1. The summed E-state index contributed by atoms with van der Waals surface area (Å²) in [5.74, 6) is 0.210. The molecular formula is C23H24N2O. The largest absolute Gasteiger partial charge is 0.271 e. The standard InChI is InChI=1S/C23H24N2O/c1-16(2)21-10-9-17(3)22(15-21)24-25-23(26)20-13-11-19(12-14-20)18-7-5-4-6-8-18/h4-9,11-14,21H,1,10,15H2,2-3H3,(H,25,26)/t21-/m1/s1. The maximum atomic E-state index is 12.4. The zero-order valence-corrected chi connectivity index (χ0v) is 15.3. The van der Waals surface area contributed by atoms with Gasteiger partial charge in [-0.25, -0.2) is 5.43 Å². The second-order valence-corrected chi connectivity index (χ2v) is 6.81. The molecule has 0 heterocycles. The molecule has 0 bridgehead atoms. The van der Waals surface area contributed by atoms with Gasteiger partial charge >= 0.3 is 0 Å². The van der Waals surface area contributed by atoms with Crippen LogP contribution in [0.5, 0.6) is 0 Å². The lowest BCUT2D eigenvalue weighted by atomic mass is 9.85. The van der Waals surface area contributed by atoms with Gasteiger partial charge in [0.05, 0.1) is 5.71 Å². The molecule has 0 saturated heterocycles. The molecule has 1 aliphatic carbocycles. The molecule has 0 spiro atoms. The molecule has 1 aliphatic rings. The third-order valence-electron chi connectivity index (χ3n) is 4.85. The lowest BCUT2D eigenvalue weighted by Gasteiger charge is -2.22. The molecule has 0 fully saturated rings. The summed E-state index contributed by atoms with van der Waals surface area (Å²) in [6.07, 6.45) is 3.99. The summed E-state index contributed by atoms with van der Waals surface area (Å²) < 4.78 is 0. The van der Waals surface area contributed by atoms with E-state index in [1.807, 2.05) is 56.3 Å². The number of carbonyl (C=O) groups excluding carboxylic acids is 1. The molecule has 0 saturated carbocycles. The number of nitrogens with zero attached hydrogens (tertiary/aromatic N) is 1. The van der Waals surface area contributed by atoms with Crippen LogP contribution in [0.2, 0.25) is 0 Å². The second kappa shape index (κ2) is 7.96. The first-order valence-electron chi connectivity index (χ1n) is 8.89. The number of amides is 1. The van der Waals surface area contributed by atoms with E-state index in [1.54, 1.807) is 0 Å². The normalized spacial score (nSPS) is 18.3. The Bertz CT molecular complexity index is 861. The minimum atomic E-state index is -0.192. The van der Waals surface area contributed by atoms with Gasteiger partial charge in [-0.15, -0.1) is 0 Å². The number of carbonyl (C=O) groups is 1. The number of benzene rings is 2. The highest BCUT2D eigenvalue weighted by Crippen LogP contribution is 2.26. The predicted octanol–water partition coefficient (Wildman–Crippen LogP) is 5.37. The fourth-order valence-electron chi connectivity index (χ4n) is 3.05. The Morgan fingerprint density at radius 1 is 1.08 bits per heavy atom. The smallest absolute Gasteiger partial charge is 0.267 e. The Kier molecular flexibility index (Phi) is 5.47. The average molecular weight is 344 g/mol. The third kappa shape index (κ3) is 4.17. The Hall–Kier alpha value is -2.94. The monoisotopic (exact) mass is 344 g/mol. The summed E-state index contributed by atoms with van der Waals surface area (Å²) in [5.41, 5.74) is 8.73. The summed E-state index contributed by atoms with van der Waals surface area (Å²) in [7, 11) is 0. The van der Waals surface area contributed by atoms with E-state index in [2.05, 4.69) is 35.3 Å². The molecule has 1 atom stereocenters. The average Bonchev–Trinajstić information content (AvgIpc) is 2.67. The SMILES string of the molecule is C=C(C)[C@@H]1CC=C(C)C(=NNC(=O)c2ccc(-c3ccccc3)cc2)C1. The van der Waals surface area contributed by atoms with Crippen LogP contribution >= 0.6 is 0 Å². The maximum absolute atomic E-state index is 12.4. The van der Waals surface area contributed by atoms with Crippen LogP contribution in [0.25, 0.3) is 11.1 Å². The molecule has 0 unspecified atom stereocenters. The highest BCUT2D eigenvalue weighted by atomic mass is 16.2. The molecule has 2 aromatic carbocycles. The molecule has 2 aromatic rings. The second-order valence-electron chi connectivity index (χ2n) is 6.81. The third-order valence-corrected chi connectivity index (χ3v) is 4.85. The van der Waals surface area contributed by atoms with E-state index in [0.717, 1.165) is 40.8 Å². The van der Waals surface area contributed by atoms with E-state index in [4.69, 9.17) is 0 Å². The molecule has 26 heavy (non-hydrogen) atoms. The van der Waals surface area contributed by atoms with Gasteiger partial charge in [-0.05, 0) is 61.4 Å². The van der Waals surface area contributed by atoms with Crippen molar-refractivity contribution in [1.82, 2.24) is 5.43 Å². The van der Waals surface area contributed by atoms with Crippen molar-refractivity contribution in [2.75, 3.05) is 0 Å². The van der Waals surface area contributed by atoms with Crippen molar-refractivity contribution in [2.45, 2.75) is 26.7 Å². The van der Waals surface area contributed by atoms with Gasteiger partial charge in [0.2, 0.25) is 0 Å². The zero-order chi connectivity index (χ0) is 18.5. The first-order chi connectivity index (χ1) is 12.5. The molecule has 0 aromatic heterocycles. The number of rotatable bonds is 4. The molecule has 3 rings (SSSR count). The zero-order valence-electron chi connectivity index (χ0n) is 15.3. The van der Waals surface area contributed by atoms with E-state index >= 15 is 0 Å². The predicted molar refractivity (Wildman–Crippen MR) is 108 cm³/mol. The fourth-order valence-corrected chi connectivity index (χ4v) is 3.05. The van der Waals surface area contributed by atoms with Gasteiger partial charge in [-0.3, -0.25) is 4.79 Å². The van der Waals surface area contributed by atoms with Gasteiger partial charge in [0.15, 0.2) is 0 Å². The maximum Gasteiger partial charge on any atom is 0.271 e. The molecular weight excluding hydrogens is 320 g/mol. The molecule has 3 nitrogen and oxygen atoms in total.